The van der Waals surface area contributed by atoms with Gasteiger partial charge in [0.1, 0.15) is 5.75 Å². The summed E-state index contributed by atoms with van der Waals surface area (Å²) in [6.07, 6.45) is -2.28. The number of alkyl halides is 3. The van der Waals surface area contributed by atoms with Crippen molar-refractivity contribution in [1.82, 2.24) is 10.2 Å². The molecular weight excluding hydrogens is 333 g/mol. The molecule has 0 saturated carbocycles. The zero-order valence-electron chi connectivity index (χ0n) is 14.0. The van der Waals surface area contributed by atoms with Crippen molar-refractivity contribution < 1.29 is 22.7 Å². The summed E-state index contributed by atoms with van der Waals surface area (Å²) < 4.78 is 41.4. The van der Waals surface area contributed by atoms with Crippen LogP contribution in [0.25, 0.3) is 0 Å². The number of ether oxygens (including phenoxy) is 1. The normalized spacial score (nSPS) is 23.9. The lowest BCUT2D eigenvalue weighted by molar-refractivity contribution is -0.274. The van der Waals surface area contributed by atoms with Gasteiger partial charge < -0.3 is 15.0 Å². The predicted molar refractivity (Wildman–Crippen MR) is 87.1 cm³/mol. The number of nitrogens with zero attached hydrogens (tertiary/aromatic N) is 1. The highest BCUT2D eigenvalue weighted by atomic mass is 19.4. The van der Waals surface area contributed by atoms with Crippen molar-refractivity contribution in [3.8, 4) is 5.75 Å². The number of likely N-dealkylation sites (tertiary alicyclic amines) is 1. The maximum Gasteiger partial charge on any atom is 0.573 e. The highest BCUT2D eigenvalue weighted by Gasteiger charge is 2.33. The molecule has 3 rings (SSSR count). The number of amides is 1. The Hall–Kier alpha value is -1.76. The summed E-state index contributed by atoms with van der Waals surface area (Å²) in [7, 11) is 0. The number of para-hydroxylation sites is 1. The topological polar surface area (TPSA) is 41.6 Å². The van der Waals surface area contributed by atoms with Crippen molar-refractivity contribution in [2.75, 3.05) is 26.2 Å². The number of halogens is 3. The molecule has 0 aromatic heterocycles. The summed E-state index contributed by atoms with van der Waals surface area (Å²) in [6, 6.07) is 6.01. The van der Waals surface area contributed by atoms with Gasteiger partial charge >= 0.3 is 6.36 Å². The van der Waals surface area contributed by atoms with Crippen LogP contribution >= 0.6 is 0 Å². The largest absolute Gasteiger partial charge is 0.573 e. The van der Waals surface area contributed by atoms with Gasteiger partial charge in [-0.25, -0.2) is 0 Å². The van der Waals surface area contributed by atoms with Gasteiger partial charge in [0.15, 0.2) is 0 Å². The van der Waals surface area contributed by atoms with Crippen LogP contribution in [0.2, 0.25) is 0 Å². The second-order valence-corrected chi connectivity index (χ2v) is 6.79. The molecule has 25 heavy (non-hydrogen) atoms. The van der Waals surface area contributed by atoms with Crippen LogP contribution in [0.15, 0.2) is 24.3 Å². The fraction of sp³-hybridized carbons (Fsp3) is 0.611. The molecule has 1 aromatic rings. The van der Waals surface area contributed by atoms with Crippen molar-refractivity contribution in [2.24, 2.45) is 11.8 Å². The van der Waals surface area contributed by atoms with Gasteiger partial charge in [-0.1, -0.05) is 18.2 Å². The van der Waals surface area contributed by atoms with E-state index in [4.69, 9.17) is 0 Å². The molecule has 138 valence electrons. The quantitative estimate of drug-likeness (QED) is 0.902. The standard InChI is InChI=1S/C18H23F3N2O2/c19-18(20,21)25-16-4-2-1-3-13(16)5-6-17(24)23-9-7-14-11-22-12-15(14)8-10-23/h1-4,14-15,22H,5-12H2/t14-,15+. The second-order valence-electron chi connectivity index (χ2n) is 6.79. The Morgan fingerprint density at radius 1 is 1.16 bits per heavy atom. The number of carbonyl (C=O) groups excluding carboxylic acids is 1. The zero-order valence-corrected chi connectivity index (χ0v) is 14.0. The Balaban J connectivity index is 1.56. The van der Waals surface area contributed by atoms with E-state index in [1.807, 2.05) is 4.90 Å². The third kappa shape index (κ3) is 4.87. The van der Waals surface area contributed by atoms with Gasteiger partial charge in [-0.05, 0) is 55.8 Å². The van der Waals surface area contributed by atoms with Gasteiger partial charge in [-0.2, -0.15) is 0 Å². The van der Waals surface area contributed by atoms with Crippen molar-refractivity contribution in [3.63, 3.8) is 0 Å². The average Bonchev–Trinajstić information content (AvgIpc) is 2.91. The van der Waals surface area contributed by atoms with Crippen LogP contribution in [0.3, 0.4) is 0 Å². The molecule has 0 bridgehead atoms. The van der Waals surface area contributed by atoms with E-state index in [0.717, 1.165) is 39.0 Å². The molecule has 2 atom stereocenters. The lowest BCUT2D eigenvalue weighted by Gasteiger charge is -2.21. The van der Waals surface area contributed by atoms with E-state index >= 15 is 0 Å². The first kappa shape index (κ1) is 18.0. The minimum absolute atomic E-state index is 0.00902. The summed E-state index contributed by atoms with van der Waals surface area (Å²) in [5.74, 6) is 1.06. The Kier molecular flexibility index (Phi) is 5.51. The second kappa shape index (κ2) is 7.64. The molecule has 2 heterocycles. The highest BCUT2D eigenvalue weighted by molar-refractivity contribution is 5.76. The molecule has 0 radical (unpaired) electrons. The molecule has 2 aliphatic rings. The van der Waals surface area contributed by atoms with Crippen LogP contribution in [0.1, 0.15) is 24.8 Å². The third-order valence-electron chi connectivity index (χ3n) is 5.18. The Morgan fingerprint density at radius 3 is 2.44 bits per heavy atom. The first-order valence-electron chi connectivity index (χ1n) is 8.74. The van der Waals surface area contributed by atoms with Crippen molar-refractivity contribution in [3.05, 3.63) is 29.8 Å². The molecular formula is C18H23F3N2O2. The summed E-state index contributed by atoms with van der Waals surface area (Å²) in [6.45, 7) is 3.52. The maximum atomic E-state index is 12.5. The van der Waals surface area contributed by atoms with Gasteiger partial charge in [0.2, 0.25) is 5.91 Å². The maximum absolute atomic E-state index is 12.5. The molecule has 0 unspecified atom stereocenters. The fourth-order valence-corrected chi connectivity index (χ4v) is 3.80. The number of aryl methyl sites for hydroxylation is 1. The van der Waals surface area contributed by atoms with Crippen LogP contribution in [0.5, 0.6) is 5.75 Å². The monoisotopic (exact) mass is 356 g/mol. The van der Waals surface area contributed by atoms with Crippen LogP contribution in [-0.2, 0) is 11.2 Å². The van der Waals surface area contributed by atoms with E-state index in [1.54, 1.807) is 12.1 Å². The predicted octanol–water partition coefficient (Wildman–Crippen LogP) is 2.98. The Labute approximate surface area is 145 Å². The smallest absolute Gasteiger partial charge is 0.406 e. The van der Waals surface area contributed by atoms with Gasteiger partial charge in [0, 0.05) is 19.5 Å². The van der Waals surface area contributed by atoms with Crippen molar-refractivity contribution in [1.29, 1.82) is 0 Å². The minimum atomic E-state index is -4.73. The lowest BCUT2D eigenvalue weighted by Crippen LogP contribution is -2.33. The fourth-order valence-electron chi connectivity index (χ4n) is 3.80. The Bertz CT molecular complexity index is 592. The third-order valence-corrected chi connectivity index (χ3v) is 5.18. The number of nitrogens with one attached hydrogen (secondary N) is 1. The molecule has 0 spiro atoms. The number of carbonyl (C=O) groups is 1. The van der Waals surface area contributed by atoms with E-state index in [9.17, 15) is 18.0 Å². The highest BCUT2D eigenvalue weighted by Crippen LogP contribution is 2.29. The van der Waals surface area contributed by atoms with Crippen molar-refractivity contribution >= 4 is 5.91 Å². The van der Waals surface area contributed by atoms with Gasteiger partial charge in [-0.15, -0.1) is 13.2 Å². The molecule has 7 heteroatoms. The molecule has 4 nitrogen and oxygen atoms in total. The average molecular weight is 356 g/mol. The number of fused-ring (bicyclic) bond motifs is 1. The number of rotatable bonds is 4. The summed E-state index contributed by atoms with van der Waals surface area (Å²) >= 11 is 0. The van der Waals surface area contributed by atoms with Crippen LogP contribution in [-0.4, -0.2) is 43.3 Å². The van der Waals surface area contributed by atoms with E-state index < -0.39 is 6.36 Å². The Morgan fingerprint density at radius 2 is 1.80 bits per heavy atom. The summed E-state index contributed by atoms with van der Waals surface area (Å²) in [4.78, 5) is 14.4. The van der Waals surface area contributed by atoms with E-state index in [2.05, 4.69) is 10.1 Å². The van der Waals surface area contributed by atoms with Crippen LogP contribution < -0.4 is 10.1 Å². The molecule has 1 aromatic carbocycles. The zero-order chi connectivity index (χ0) is 17.9. The lowest BCUT2D eigenvalue weighted by atomic mass is 9.92. The van der Waals surface area contributed by atoms with E-state index in [1.165, 1.54) is 12.1 Å². The SMILES string of the molecule is O=C(CCc1ccccc1OC(F)(F)F)N1CC[C@@H]2CNC[C@@H]2CC1. The summed E-state index contributed by atoms with van der Waals surface area (Å²) in [5.41, 5.74) is 0.407. The number of benzene rings is 1. The van der Waals surface area contributed by atoms with Gasteiger partial charge in [0.05, 0.1) is 0 Å². The van der Waals surface area contributed by atoms with Gasteiger partial charge in [-0.3, -0.25) is 4.79 Å². The minimum Gasteiger partial charge on any atom is -0.406 e. The van der Waals surface area contributed by atoms with E-state index in [0.29, 0.717) is 17.4 Å². The molecule has 0 aliphatic carbocycles. The number of hydrogen-bond donors (Lipinski definition) is 1. The molecule has 2 aliphatic heterocycles. The molecule has 1 amide bonds. The molecule has 1 N–H and O–H groups in total. The number of hydrogen-bond acceptors (Lipinski definition) is 3. The molecule has 2 saturated heterocycles. The van der Waals surface area contributed by atoms with Gasteiger partial charge in [0.25, 0.3) is 0 Å². The van der Waals surface area contributed by atoms with Crippen molar-refractivity contribution in [2.45, 2.75) is 32.0 Å². The molecule has 2 fully saturated rings. The van der Waals surface area contributed by atoms with Crippen LogP contribution in [0.4, 0.5) is 13.2 Å². The summed E-state index contributed by atoms with van der Waals surface area (Å²) in [5, 5.41) is 3.40. The first-order valence-corrected chi connectivity index (χ1v) is 8.74. The first-order chi connectivity index (χ1) is 11.9. The van der Waals surface area contributed by atoms with E-state index in [-0.39, 0.29) is 24.5 Å². The van der Waals surface area contributed by atoms with Crippen LogP contribution in [0, 0.1) is 11.8 Å².